The van der Waals surface area contributed by atoms with E-state index in [0.717, 1.165) is 0 Å². The number of carbonyl (C=O) groups excluding carboxylic acids is 1. The average molecular weight is 337 g/mol. The summed E-state index contributed by atoms with van der Waals surface area (Å²) in [5.74, 6) is -0.620. The largest absolute Gasteiger partial charge is 0.491 e. The van der Waals surface area contributed by atoms with Gasteiger partial charge in [-0.2, -0.15) is 0 Å². The summed E-state index contributed by atoms with van der Waals surface area (Å²) in [6, 6.07) is 13.9. The zero-order chi connectivity index (χ0) is 18.1. The third-order valence-electron chi connectivity index (χ3n) is 4.00. The van der Waals surface area contributed by atoms with Gasteiger partial charge in [0.15, 0.2) is 0 Å². The van der Waals surface area contributed by atoms with Gasteiger partial charge in [0.05, 0.1) is 17.2 Å². The molecule has 0 bridgehead atoms. The van der Waals surface area contributed by atoms with E-state index in [0.29, 0.717) is 27.9 Å². The standard InChI is InChI=1S/C20H19NO4/c1-12(2)25-15-10-8-14(9-11-15)19(22)21-13(3)18(20(23)24)16-6-4-5-7-17(16)21/h4-12H,1-3H3,(H,23,24). The van der Waals surface area contributed by atoms with E-state index in [4.69, 9.17) is 4.74 Å². The zero-order valence-corrected chi connectivity index (χ0v) is 14.3. The molecule has 0 aliphatic carbocycles. The van der Waals surface area contributed by atoms with E-state index in [2.05, 4.69) is 0 Å². The van der Waals surface area contributed by atoms with Crippen LogP contribution >= 0.6 is 0 Å². The van der Waals surface area contributed by atoms with Crippen LogP contribution in [-0.2, 0) is 0 Å². The number of benzene rings is 2. The number of rotatable bonds is 4. The molecular formula is C20H19NO4. The molecule has 3 rings (SSSR count). The van der Waals surface area contributed by atoms with Gasteiger partial charge in [0.2, 0.25) is 0 Å². The number of para-hydroxylation sites is 1. The van der Waals surface area contributed by atoms with Crippen molar-refractivity contribution in [3.63, 3.8) is 0 Å². The van der Waals surface area contributed by atoms with Gasteiger partial charge < -0.3 is 9.84 Å². The second-order valence-corrected chi connectivity index (χ2v) is 6.11. The fourth-order valence-corrected chi connectivity index (χ4v) is 2.98. The van der Waals surface area contributed by atoms with Gasteiger partial charge in [0.1, 0.15) is 5.75 Å². The Morgan fingerprint density at radius 1 is 1.04 bits per heavy atom. The van der Waals surface area contributed by atoms with Crippen molar-refractivity contribution in [3.05, 3.63) is 65.4 Å². The molecule has 0 fully saturated rings. The first-order valence-electron chi connectivity index (χ1n) is 8.05. The Bertz CT molecular complexity index is 952. The summed E-state index contributed by atoms with van der Waals surface area (Å²) in [7, 11) is 0. The van der Waals surface area contributed by atoms with E-state index in [1.165, 1.54) is 4.57 Å². The number of carboxylic acids is 1. The highest BCUT2D eigenvalue weighted by Crippen LogP contribution is 2.27. The molecule has 0 saturated carbocycles. The number of ether oxygens (including phenoxy) is 1. The maximum atomic E-state index is 13.0. The Balaban J connectivity index is 2.09. The molecule has 1 N–H and O–H groups in total. The van der Waals surface area contributed by atoms with Crippen LogP contribution in [0.4, 0.5) is 0 Å². The van der Waals surface area contributed by atoms with Crippen LogP contribution in [-0.4, -0.2) is 27.7 Å². The first kappa shape index (κ1) is 16.8. The van der Waals surface area contributed by atoms with E-state index >= 15 is 0 Å². The fourth-order valence-electron chi connectivity index (χ4n) is 2.98. The van der Waals surface area contributed by atoms with Crippen LogP contribution in [0.3, 0.4) is 0 Å². The molecule has 0 unspecified atom stereocenters. The predicted octanol–water partition coefficient (Wildman–Crippen LogP) is 4.12. The van der Waals surface area contributed by atoms with Crippen molar-refractivity contribution in [3.8, 4) is 5.75 Å². The molecule has 0 radical (unpaired) electrons. The molecule has 0 amide bonds. The maximum Gasteiger partial charge on any atom is 0.338 e. The second kappa shape index (κ2) is 6.43. The molecule has 0 aliphatic rings. The van der Waals surface area contributed by atoms with E-state index < -0.39 is 5.97 Å². The lowest BCUT2D eigenvalue weighted by Gasteiger charge is -2.11. The molecule has 25 heavy (non-hydrogen) atoms. The van der Waals surface area contributed by atoms with Crippen LogP contribution in [0.1, 0.15) is 40.3 Å². The van der Waals surface area contributed by atoms with Crippen LogP contribution in [0, 0.1) is 6.92 Å². The molecule has 128 valence electrons. The van der Waals surface area contributed by atoms with E-state index in [9.17, 15) is 14.7 Å². The predicted molar refractivity (Wildman–Crippen MR) is 95.6 cm³/mol. The number of aromatic nitrogens is 1. The third kappa shape index (κ3) is 3.01. The van der Waals surface area contributed by atoms with Gasteiger partial charge in [-0.25, -0.2) is 4.79 Å². The van der Waals surface area contributed by atoms with Gasteiger partial charge in [-0.15, -0.1) is 0 Å². The van der Waals surface area contributed by atoms with Gasteiger partial charge in [-0.3, -0.25) is 9.36 Å². The van der Waals surface area contributed by atoms with Crippen LogP contribution in [0.2, 0.25) is 0 Å². The van der Waals surface area contributed by atoms with Gasteiger partial charge in [-0.05, 0) is 51.1 Å². The van der Waals surface area contributed by atoms with Crippen LogP contribution in [0.25, 0.3) is 10.9 Å². The zero-order valence-electron chi connectivity index (χ0n) is 14.3. The molecule has 0 spiro atoms. The molecule has 1 heterocycles. The number of fused-ring (bicyclic) bond motifs is 1. The van der Waals surface area contributed by atoms with Gasteiger partial charge in [0, 0.05) is 16.6 Å². The normalized spacial score (nSPS) is 11.0. The highest BCUT2D eigenvalue weighted by molar-refractivity contribution is 6.11. The van der Waals surface area contributed by atoms with Crippen molar-refractivity contribution >= 4 is 22.8 Å². The number of aromatic carboxylic acids is 1. The van der Waals surface area contributed by atoms with Gasteiger partial charge in [0.25, 0.3) is 5.91 Å². The molecule has 1 aromatic heterocycles. The molecule has 2 aromatic carbocycles. The minimum atomic E-state index is -1.04. The van der Waals surface area contributed by atoms with E-state index in [-0.39, 0.29) is 17.6 Å². The minimum absolute atomic E-state index is 0.0512. The van der Waals surface area contributed by atoms with Crippen molar-refractivity contribution in [1.82, 2.24) is 4.57 Å². The average Bonchev–Trinajstić information content (AvgIpc) is 2.86. The monoisotopic (exact) mass is 337 g/mol. The first-order valence-corrected chi connectivity index (χ1v) is 8.05. The number of carboxylic acid groups (broad SMARTS) is 1. The molecular weight excluding hydrogens is 318 g/mol. The van der Waals surface area contributed by atoms with Crippen molar-refractivity contribution in [1.29, 1.82) is 0 Å². The van der Waals surface area contributed by atoms with Crippen LogP contribution in [0.5, 0.6) is 5.75 Å². The quantitative estimate of drug-likeness (QED) is 0.777. The van der Waals surface area contributed by atoms with E-state index in [1.54, 1.807) is 55.5 Å². The van der Waals surface area contributed by atoms with Crippen LogP contribution in [0.15, 0.2) is 48.5 Å². The van der Waals surface area contributed by atoms with Crippen molar-refractivity contribution in [2.24, 2.45) is 0 Å². The number of nitrogens with zero attached hydrogens (tertiary/aromatic N) is 1. The third-order valence-corrected chi connectivity index (χ3v) is 4.00. The van der Waals surface area contributed by atoms with Gasteiger partial charge in [-0.1, -0.05) is 18.2 Å². The smallest absolute Gasteiger partial charge is 0.338 e. The number of carbonyl (C=O) groups is 2. The molecule has 5 nitrogen and oxygen atoms in total. The number of hydrogen-bond acceptors (Lipinski definition) is 3. The summed E-state index contributed by atoms with van der Waals surface area (Å²) >= 11 is 0. The lowest BCUT2D eigenvalue weighted by molar-refractivity contribution is 0.0698. The highest BCUT2D eigenvalue weighted by Gasteiger charge is 2.23. The van der Waals surface area contributed by atoms with Crippen LogP contribution < -0.4 is 4.74 Å². The van der Waals surface area contributed by atoms with E-state index in [1.807, 2.05) is 13.8 Å². The Morgan fingerprint density at radius 3 is 2.28 bits per heavy atom. The van der Waals surface area contributed by atoms with Crippen molar-refractivity contribution in [2.45, 2.75) is 26.9 Å². The summed E-state index contributed by atoms with van der Waals surface area (Å²) in [4.78, 5) is 24.6. The topological polar surface area (TPSA) is 68.5 Å². The lowest BCUT2D eigenvalue weighted by atomic mass is 10.1. The molecule has 3 aromatic rings. The Hall–Kier alpha value is -3.08. The lowest BCUT2D eigenvalue weighted by Crippen LogP contribution is -2.14. The van der Waals surface area contributed by atoms with Crippen molar-refractivity contribution in [2.75, 3.05) is 0 Å². The fraction of sp³-hybridized carbons (Fsp3) is 0.200. The Labute approximate surface area is 145 Å². The first-order chi connectivity index (χ1) is 11.9. The van der Waals surface area contributed by atoms with Gasteiger partial charge >= 0.3 is 5.97 Å². The maximum absolute atomic E-state index is 13.0. The minimum Gasteiger partial charge on any atom is -0.491 e. The molecule has 0 atom stereocenters. The Morgan fingerprint density at radius 2 is 1.68 bits per heavy atom. The SMILES string of the molecule is Cc1c(C(=O)O)c2ccccc2n1C(=O)c1ccc(OC(C)C)cc1. The highest BCUT2D eigenvalue weighted by atomic mass is 16.5. The summed E-state index contributed by atoms with van der Waals surface area (Å²) in [6.07, 6.45) is 0.0512. The molecule has 0 aliphatic heterocycles. The van der Waals surface area contributed by atoms with Crippen molar-refractivity contribution < 1.29 is 19.4 Å². The summed E-state index contributed by atoms with van der Waals surface area (Å²) in [5, 5.41) is 10.1. The second-order valence-electron chi connectivity index (χ2n) is 6.11. The summed E-state index contributed by atoms with van der Waals surface area (Å²) in [6.45, 7) is 5.52. The summed E-state index contributed by atoms with van der Waals surface area (Å²) < 4.78 is 7.04. The summed E-state index contributed by atoms with van der Waals surface area (Å²) in [5.41, 5.74) is 1.63. The number of hydrogen-bond donors (Lipinski definition) is 1. The molecule has 0 saturated heterocycles. The Kier molecular flexibility index (Phi) is 4.31. The molecule has 5 heteroatoms.